The van der Waals surface area contributed by atoms with Crippen molar-refractivity contribution in [2.75, 3.05) is 0 Å². The smallest absolute Gasteiger partial charge is 0.270 e. The number of pyridine rings is 2. The number of aryl methyl sites for hydroxylation is 1. The lowest BCUT2D eigenvalue weighted by Gasteiger charge is -2.28. The molecule has 2 atom stereocenters. The van der Waals surface area contributed by atoms with Crippen molar-refractivity contribution in [2.24, 2.45) is 7.05 Å². The van der Waals surface area contributed by atoms with E-state index in [1.165, 1.54) is 0 Å². The van der Waals surface area contributed by atoms with E-state index in [1.54, 1.807) is 35.4 Å². The number of aromatic nitrogens is 4. The zero-order valence-electron chi connectivity index (χ0n) is 19.0. The van der Waals surface area contributed by atoms with Crippen LogP contribution in [0.4, 0.5) is 0 Å². The lowest BCUT2D eigenvalue weighted by atomic mass is 9.92. The second-order valence-corrected chi connectivity index (χ2v) is 8.94. The standard InChI is InChI=1S/C26H27N5O3/c1-30-16-19(14-27-30)24-11-10-17(15-31(24)34)12-18-13-23(28-21-7-3-2-6-20(18)21)26(33)29-22-8-4-5-9-25(22)32/h2-3,6-7,10-11,13-16,22,25,32H,4-5,8-9,12H2,1H3,(H,29,33)/t22-,25-/m0/s1. The zero-order chi connectivity index (χ0) is 23.7. The SMILES string of the molecule is Cn1cc(-c2ccc(Cc3cc(C(=O)N[C@H]4CCCC[C@@H]4O)nc4ccccc34)c[n+]2[O-])cn1. The van der Waals surface area contributed by atoms with Crippen molar-refractivity contribution in [1.29, 1.82) is 0 Å². The molecule has 0 aliphatic heterocycles. The highest BCUT2D eigenvalue weighted by atomic mass is 16.5. The Labute approximate surface area is 197 Å². The molecule has 8 nitrogen and oxygen atoms in total. The Morgan fingerprint density at radius 2 is 2.06 bits per heavy atom. The molecule has 0 spiro atoms. The van der Waals surface area contributed by atoms with E-state index in [-0.39, 0.29) is 11.9 Å². The summed E-state index contributed by atoms with van der Waals surface area (Å²) in [4.78, 5) is 17.6. The van der Waals surface area contributed by atoms with Gasteiger partial charge in [-0.1, -0.05) is 31.0 Å². The third kappa shape index (κ3) is 4.49. The molecule has 3 heterocycles. The van der Waals surface area contributed by atoms with Crippen LogP contribution in [-0.2, 0) is 13.5 Å². The number of carbonyl (C=O) groups excluding carboxylic acids is 1. The second kappa shape index (κ2) is 9.23. The maximum Gasteiger partial charge on any atom is 0.270 e. The molecule has 0 unspecified atom stereocenters. The van der Waals surface area contributed by atoms with Gasteiger partial charge in [0, 0.05) is 36.7 Å². The number of benzene rings is 1. The average molecular weight is 458 g/mol. The number of para-hydroxylation sites is 1. The molecule has 8 heteroatoms. The molecule has 174 valence electrons. The fourth-order valence-electron chi connectivity index (χ4n) is 4.66. The monoisotopic (exact) mass is 457 g/mol. The summed E-state index contributed by atoms with van der Waals surface area (Å²) in [5, 5.41) is 31.0. The van der Waals surface area contributed by atoms with Gasteiger partial charge in [0.25, 0.3) is 5.91 Å². The predicted octanol–water partition coefficient (Wildman–Crippen LogP) is 2.89. The molecule has 1 fully saturated rings. The lowest BCUT2D eigenvalue weighted by Crippen LogP contribution is -2.45. The highest BCUT2D eigenvalue weighted by Gasteiger charge is 2.25. The van der Waals surface area contributed by atoms with E-state index in [4.69, 9.17) is 0 Å². The quantitative estimate of drug-likeness (QED) is 0.354. The summed E-state index contributed by atoms with van der Waals surface area (Å²) in [5.41, 5.74) is 4.05. The van der Waals surface area contributed by atoms with E-state index in [2.05, 4.69) is 15.4 Å². The Balaban J connectivity index is 1.44. The molecular formula is C26H27N5O3. The van der Waals surface area contributed by atoms with E-state index in [0.29, 0.717) is 24.2 Å². The minimum Gasteiger partial charge on any atom is -0.618 e. The van der Waals surface area contributed by atoms with Crippen LogP contribution in [0.15, 0.2) is 61.1 Å². The van der Waals surface area contributed by atoms with Crippen LogP contribution in [-0.4, -0.2) is 37.9 Å². The van der Waals surface area contributed by atoms with Crippen molar-refractivity contribution in [3.05, 3.63) is 83.1 Å². The molecule has 1 aliphatic rings. The normalized spacial score (nSPS) is 18.2. The van der Waals surface area contributed by atoms with Crippen LogP contribution >= 0.6 is 0 Å². The minimum absolute atomic E-state index is 0.252. The van der Waals surface area contributed by atoms with Gasteiger partial charge in [-0.3, -0.25) is 9.48 Å². The number of nitrogens with one attached hydrogen (secondary N) is 1. The number of fused-ring (bicyclic) bond motifs is 1. The van der Waals surface area contributed by atoms with Gasteiger partial charge in [-0.05, 0) is 36.6 Å². The highest BCUT2D eigenvalue weighted by Crippen LogP contribution is 2.23. The average Bonchev–Trinajstić information content (AvgIpc) is 3.26. The maximum atomic E-state index is 13.0. The Bertz CT molecular complexity index is 1350. The van der Waals surface area contributed by atoms with E-state index in [0.717, 1.165) is 51.6 Å². The first-order valence-corrected chi connectivity index (χ1v) is 11.6. The summed E-state index contributed by atoms with van der Waals surface area (Å²) < 4.78 is 2.51. The number of carbonyl (C=O) groups is 1. The summed E-state index contributed by atoms with van der Waals surface area (Å²) in [5.74, 6) is -0.288. The third-order valence-electron chi connectivity index (χ3n) is 6.45. The van der Waals surface area contributed by atoms with Crippen molar-refractivity contribution in [1.82, 2.24) is 20.1 Å². The fraction of sp³-hybridized carbons (Fsp3) is 0.308. The van der Waals surface area contributed by atoms with Gasteiger partial charge in [0.15, 0.2) is 6.20 Å². The lowest BCUT2D eigenvalue weighted by molar-refractivity contribution is -0.594. The fourth-order valence-corrected chi connectivity index (χ4v) is 4.66. The van der Waals surface area contributed by atoms with Gasteiger partial charge in [0.05, 0.1) is 29.4 Å². The molecule has 1 amide bonds. The van der Waals surface area contributed by atoms with E-state index in [9.17, 15) is 15.1 Å². The van der Waals surface area contributed by atoms with Crippen molar-refractivity contribution >= 4 is 16.8 Å². The van der Waals surface area contributed by atoms with Gasteiger partial charge in [0.2, 0.25) is 5.69 Å². The summed E-state index contributed by atoms with van der Waals surface area (Å²) >= 11 is 0. The Morgan fingerprint density at radius 1 is 1.24 bits per heavy atom. The van der Waals surface area contributed by atoms with Gasteiger partial charge in [-0.25, -0.2) is 4.98 Å². The molecule has 3 aromatic heterocycles. The number of hydrogen-bond acceptors (Lipinski definition) is 5. The van der Waals surface area contributed by atoms with Crippen molar-refractivity contribution in [2.45, 2.75) is 44.2 Å². The first-order chi connectivity index (χ1) is 16.5. The molecule has 1 aliphatic carbocycles. The van der Waals surface area contributed by atoms with Gasteiger partial charge in [-0.15, -0.1) is 0 Å². The molecule has 5 rings (SSSR count). The Hall–Kier alpha value is -3.78. The summed E-state index contributed by atoms with van der Waals surface area (Å²) in [7, 11) is 1.81. The molecule has 0 radical (unpaired) electrons. The number of aliphatic hydroxyl groups excluding tert-OH is 1. The van der Waals surface area contributed by atoms with Gasteiger partial charge in [0.1, 0.15) is 5.69 Å². The molecular weight excluding hydrogens is 430 g/mol. The topological polar surface area (TPSA) is 107 Å². The van der Waals surface area contributed by atoms with Crippen LogP contribution in [0, 0.1) is 5.21 Å². The Kier molecular flexibility index (Phi) is 5.98. The molecule has 4 aromatic rings. The Morgan fingerprint density at radius 3 is 2.82 bits per heavy atom. The summed E-state index contributed by atoms with van der Waals surface area (Å²) in [6.07, 6.45) is 8.41. The molecule has 0 bridgehead atoms. The minimum atomic E-state index is -0.525. The van der Waals surface area contributed by atoms with Crippen LogP contribution in [0.5, 0.6) is 0 Å². The number of aliphatic hydroxyl groups is 1. The summed E-state index contributed by atoms with van der Waals surface area (Å²) in [6.45, 7) is 0. The maximum absolute atomic E-state index is 13.0. The van der Waals surface area contributed by atoms with Gasteiger partial charge >= 0.3 is 0 Å². The predicted molar refractivity (Wildman–Crippen MR) is 128 cm³/mol. The van der Waals surface area contributed by atoms with Crippen molar-refractivity contribution < 1.29 is 14.6 Å². The van der Waals surface area contributed by atoms with Crippen LogP contribution in [0.2, 0.25) is 0 Å². The molecule has 1 saturated carbocycles. The van der Waals surface area contributed by atoms with E-state index < -0.39 is 6.10 Å². The first kappa shape index (κ1) is 22.0. The van der Waals surface area contributed by atoms with Crippen molar-refractivity contribution in [3.63, 3.8) is 0 Å². The zero-order valence-corrected chi connectivity index (χ0v) is 19.0. The van der Waals surface area contributed by atoms with Crippen molar-refractivity contribution in [3.8, 4) is 11.3 Å². The number of rotatable bonds is 5. The number of nitrogens with zero attached hydrogens (tertiary/aromatic N) is 4. The van der Waals surface area contributed by atoms with Crippen LogP contribution < -0.4 is 10.0 Å². The van der Waals surface area contributed by atoms with Gasteiger partial charge in [-0.2, -0.15) is 9.83 Å². The molecule has 1 aromatic carbocycles. The van der Waals surface area contributed by atoms with Crippen LogP contribution in [0.3, 0.4) is 0 Å². The van der Waals surface area contributed by atoms with Gasteiger partial charge < -0.3 is 15.6 Å². The molecule has 0 saturated heterocycles. The van der Waals surface area contributed by atoms with E-state index in [1.807, 2.05) is 37.4 Å². The number of amides is 1. The second-order valence-electron chi connectivity index (χ2n) is 8.94. The highest BCUT2D eigenvalue weighted by molar-refractivity contribution is 5.96. The first-order valence-electron chi connectivity index (χ1n) is 11.6. The van der Waals surface area contributed by atoms with Crippen LogP contribution in [0.1, 0.15) is 47.3 Å². The molecule has 2 N–H and O–H groups in total. The summed E-state index contributed by atoms with van der Waals surface area (Å²) in [6, 6.07) is 12.9. The number of hydrogen-bond donors (Lipinski definition) is 2. The van der Waals surface area contributed by atoms with Crippen LogP contribution in [0.25, 0.3) is 22.2 Å². The largest absolute Gasteiger partial charge is 0.618 e. The molecule has 34 heavy (non-hydrogen) atoms. The third-order valence-corrected chi connectivity index (χ3v) is 6.45. The van der Waals surface area contributed by atoms with E-state index >= 15 is 0 Å².